The molecule has 0 bridgehead atoms. The highest BCUT2D eigenvalue weighted by Crippen LogP contribution is 2.24. The summed E-state index contributed by atoms with van der Waals surface area (Å²) in [6.07, 6.45) is 0. The number of hydrogen-bond acceptors (Lipinski definition) is 5. The Hall–Kier alpha value is -1.64. The number of carboxylic acids is 1. The third-order valence-corrected chi connectivity index (χ3v) is 3.47. The van der Waals surface area contributed by atoms with Crippen LogP contribution in [0.5, 0.6) is 0 Å². The summed E-state index contributed by atoms with van der Waals surface area (Å²) in [5.74, 6) is -1.27. The molecule has 1 aromatic carbocycles. The van der Waals surface area contributed by atoms with Crippen molar-refractivity contribution in [2.45, 2.75) is 24.3 Å². The van der Waals surface area contributed by atoms with Gasteiger partial charge in [0.1, 0.15) is 0 Å². The first-order valence-electron chi connectivity index (χ1n) is 5.75. The normalized spacial score (nSPS) is 12.2. The fourth-order valence-electron chi connectivity index (χ4n) is 1.86. The highest BCUT2D eigenvalue weighted by molar-refractivity contribution is 7.89. The van der Waals surface area contributed by atoms with Crippen LogP contribution >= 0.6 is 0 Å². The van der Waals surface area contributed by atoms with Gasteiger partial charge in [0.05, 0.1) is 21.7 Å². The van der Waals surface area contributed by atoms with E-state index in [9.17, 15) is 23.4 Å². The summed E-state index contributed by atoms with van der Waals surface area (Å²) >= 11 is 0. The number of aliphatic hydroxyl groups is 1. The van der Waals surface area contributed by atoms with Gasteiger partial charge < -0.3 is 15.1 Å². The van der Waals surface area contributed by atoms with Gasteiger partial charge in [-0.2, -0.15) is 0 Å². The van der Waals surface area contributed by atoms with Crippen LogP contribution in [0.15, 0.2) is 23.1 Å². The van der Waals surface area contributed by atoms with Crippen LogP contribution in [0.2, 0.25) is 0 Å². The molecule has 0 spiro atoms. The van der Waals surface area contributed by atoms with E-state index in [4.69, 9.17) is 5.14 Å². The molecule has 0 aliphatic rings. The quantitative estimate of drug-likeness (QED) is 0.716. The minimum absolute atomic E-state index is 0.183. The Morgan fingerprint density at radius 3 is 2.35 bits per heavy atom. The third-order valence-electron chi connectivity index (χ3n) is 2.56. The summed E-state index contributed by atoms with van der Waals surface area (Å²) in [5.41, 5.74) is -0.918. The van der Waals surface area contributed by atoms with E-state index < -0.39 is 21.6 Å². The van der Waals surface area contributed by atoms with Crippen LogP contribution in [0.25, 0.3) is 0 Å². The van der Waals surface area contributed by atoms with Gasteiger partial charge in [0.15, 0.2) is 0 Å². The molecule has 0 aromatic heterocycles. The number of hydrogen-bond donors (Lipinski definition) is 3. The zero-order chi connectivity index (χ0) is 15.7. The largest absolute Gasteiger partial charge is 0.478 e. The monoisotopic (exact) mass is 302 g/mol. The maximum Gasteiger partial charge on any atom is 0.337 e. The molecule has 0 radical (unpaired) electrons. The van der Waals surface area contributed by atoms with Crippen molar-refractivity contribution in [1.29, 1.82) is 0 Å². The number of rotatable bonds is 5. The van der Waals surface area contributed by atoms with Crippen molar-refractivity contribution < 1.29 is 23.4 Å². The van der Waals surface area contributed by atoms with Gasteiger partial charge in [-0.15, -0.1) is 0 Å². The molecule has 20 heavy (non-hydrogen) atoms. The molecule has 112 valence electrons. The lowest BCUT2D eigenvalue weighted by Gasteiger charge is -2.28. The van der Waals surface area contributed by atoms with E-state index in [0.29, 0.717) is 5.69 Å². The molecular formula is C12H18N2O5S. The van der Waals surface area contributed by atoms with Gasteiger partial charge >= 0.3 is 5.97 Å². The van der Waals surface area contributed by atoms with Crippen LogP contribution in [0.3, 0.4) is 0 Å². The lowest BCUT2D eigenvalue weighted by atomic mass is 10.1. The predicted octanol–water partition coefficient (Wildman–Crippen LogP) is 0.239. The minimum Gasteiger partial charge on any atom is -0.478 e. The molecule has 0 saturated heterocycles. The second-order valence-corrected chi connectivity index (χ2v) is 6.76. The number of anilines is 1. The van der Waals surface area contributed by atoms with Crippen LogP contribution in [-0.4, -0.2) is 43.8 Å². The molecule has 0 heterocycles. The van der Waals surface area contributed by atoms with E-state index in [1.54, 1.807) is 20.9 Å². The lowest BCUT2D eigenvalue weighted by molar-refractivity contribution is 0.0694. The van der Waals surface area contributed by atoms with Gasteiger partial charge in [0.2, 0.25) is 10.0 Å². The molecule has 0 unspecified atom stereocenters. The number of primary sulfonamides is 1. The van der Waals surface area contributed by atoms with E-state index in [2.05, 4.69) is 0 Å². The van der Waals surface area contributed by atoms with Gasteiger partial charge in [-0.3, -0.25) is 0 Å². The van der Waals surface area contributed by atoms with E-state index in [1.807, 2.05) is 0 Å². The molecule has 0 aliphatic heterocycles. The smallest absolute Gasteiger partial charge is 0.337 e. The number of sulfonamides is 1. The molecule has 0 amide bonds. The number of aromatic carboxylic acids is 1. The molecule has 7 nitrogen and oxygen atoms in total. The van der Waals surface area contributed by atoms with E-state index >= 15 is 0 Å². The Balaban J connectivity index is 3.31. The second-order valence-electron chi connectivity index (χ2n) is 5.20. The zero-order valence-electron chi connectivity index (χ0n) is 11.5. The molecular weight excluding hydrogens is 284 g/mol. The summed E-state index contributed by atoms with van der Waals surface area (Å²) in [6.45, 7) is 3.35. The Kier molecular flexibility index (Phi) is 4.42. The molecule has 0 saturated carbocycles. The van der Waals surface area contributed by atoms with Gasteiger partial charge in [0.25, 0.3) is 0 Å². The number of benzene rings is 1. The van der Waals surface area contributed by atoms with Crippen LogP contribution < -0.4 is 10.0 Å². The summed E-state index contributed by atoms with van der Waals surface area (Å²) in [7, 11) is -2.36. The predicted molar refractivity (Wildman–Crippen MR) is 74.3 cm³/mol. The van der Waals surface area contributed by atoms with Crippen molar-refractivity contribution in [3.8, 4) is 0 Å². The van der Waals surface area contributed by atoms with Crippen LogP contribution in [0.1, 0.15) is 24.2 Å². The number of nitrogens with two attached hydrogens (primary N) is 1. The number of nitrogens with zero attached hydrogens (tertiary/aromatic N) is 1. The van der Waals surface area contributed by atoms with E-state index in [0.717, 1.165) is 6.07 Å². The minimum atomic E-state index is -3.97. The second kappa shape index (κ2) is 5.39. The topological polar surface area (TPSA) is 121 Å². The molecule has 0 aliphatic carbocycles. The van der Waals surface area contributed by atoms with E-state index in [1.165, 1.54) is 17.0 Å². The van der Waals surface area contributed by atoms with Crippen molar-refractivity contribution >= 4 is 21.7 Å². The fourth-order valence-corrected chi connectivity index (χ4v) is 2.40. The fraction of sp³-hybridized carbons (Fsp3) is 0.417. The molecule has 0 fully saturated rings. The van der Waals surface area contributed by atoms with Crippen molar-refractivity contribution in [3.05, 3.63) is 23.8 Å². The zero-order valence-corrected chi connectivity index (χ0v) is 12.3. The maximum atomic E-state index is 11.2. The Morgan fingerprint density at radius 1 is 1.40 bits per heavy atom. The van der Waals surface area contributed by atoms with Gasteiger partial charge in [0, 0.05) is 13.6 Å². The van der Waals surface area contributed by atoms with Gasteiger partial charge in [-0.25, -0.2) is 18.4 Å². The average Bonchev–Trinajstić information content (AvgIpc) is 2.24. The summed E-state index contributed by atoms with van der Waals surface area (Å²) in [5, 5.41) is 23.9. The first-order valence-corrected chi connectivity index (χ1v) is 7.30. The molecule has 1 aromatic rings. The highest BCUT2D eigenvalue weighted by Gasteiger charge is 2.22. The molecule has 1 rings (SSSR count). The molecule has 0 atom stereocenters. The first kappa shape index (κ1) is 16.4. The Labute approximate surface area is 117 Å². The standard InChI is InChI=1S/C12H18N2O5S/c1-12(2,17)7-14(3)10-5-4-8(20(13,18)19)6-9(10)11(15)16/h4-6,17H,7H2,1-3H3,(H,15,16)(H2,13,18,19). The van der Waals surface area contributed by atoms with Crippen LogP contribution in [-0.2, 0) is 10.0 Å². The molecule has 4 N–H and O–H groups in total. The van der Waals surface area contributed by atoms with Crippen LogP contribution in [0.4, 0.5) is 5.69 Å². The Morgan fingerprint density at radius 2 is 1.95 bits per heavy atom. The van der Waals surface area contributed by atoms with E-state index in [-0.39, 0.29) is 17.0 Å². The third kappa shape index (κ3) is 4.19. The average molecular weight is 302 g/mol. The summed E-state index contributed by atoms with van der Waals surface area (Å²) < 4.78 is 22.5. The Bertz CT molecular complexity index is 619. The molecule has 8 heteroatoms. The van der Waals surface area contributed by atoms with Crippen molar-refractivity contribution in [3.63, 3.8) is 0 Å². The lowest BCUT2D eigenvalue weighted by Crippen LogP contribution is -2.37. The maximum absolute atomic E-state index is 11.2. The SMILES string of the molecule is CN(CC(C)(C)O)c1ccc(S(N)(=O)=O)cc1C(=O)O. The van der Waals surface area contributed by atoms with Crippen molar-refractivity contribution in [1.82, 2.24) is 0 Å². The number of likely N-dealkylation sites (N-methyl/N-ethyl adjacent to an activating group) is 1. The van der Waals surface area contributed by atoms with Gasteiger partial charge in [-0.05, 0) is 32.0 Å². The van der Waals surface area contributed by atoms with Crippen molar-refractivity contribution in [2.75, 3.05) is 18.5 Å². The van der Waals surface area contributed by atoms with Crippen molar-refractivity contribution in [2.24, 2.45) is 5.14 Å². The number of carbonyl (C=O) groups is 1. The van der Waals surface area contributed by atoms with Crippen LogP contribution in [0, 0.1) is 0 Å². The highest BCUT2D eigenvalue weighted by atomic mass is 32.2. The summed E-state index contributed by atoms with van der Waals surface area (Å²) in [4.78, 5) is 12.5. The summed E-state index contributed by atoms with van der Waals surface area (Å²) in [6, 6.07) is 3.60. The van der Waals surface area contributed by atoms with Gasteiger partial charge in [-0.1, -0.05) is 0 Å². The first-order chi connectivity index (χ1) is 8.92. The number of carboxylic acid groups (broad SMARTS) is 1.